The summed E-state index contributed by atoms with van der Waals surface area (Å²) in [6.45, 7) is 5.25. The number of fused-ring (bicyclic) bond motifs is 3. The lowest BCUT2D eigenvalue weighted by atomic mass is 9.98. The third-order valence-corrected chi connectivity index (χ3v) is 8.66. The quantitative estimate of drug-likeness (QED) is 0.609. The Morgan fingerprint density at radius 1 is 1.00 bits per heavy atom. The van der Waals surface area contributed by atoms with Gasteiger partial charge >= 0.3 is 0 Å². The number of aromatic nitrogens is 1. The van der Waals surface area contributed by atoms with Crippen molar-refractivity contribution in [1.82, 2.24) is 13.8 Å². The van der Waals surface area contributed by atoms with Crippen LogP contribution >= 0.6 is 0 Å². The highest BCUT2D eigenvalue weighted by molar-refractivity contribution is 7.90. The minimum absolute atomic E-state index is 0.0374. The Labute approximate surface area is 189 Å². The average molecular weight is 452 g/mol. The predicted octanol–water partition coefficient (Wildman–Crippen LogP) is 3.74. The molecule has 5 rings (SSSR count). The number of benzene rings is 2. The topological polar surface area (TPSA) is 62.6 Å². The summed E-state index contributed by atoms with van der Waals surface area (Å²) in [4.78, 5) is 17.6. The van der Waals surface area contributed by atoms with Crippen LogP contribution in [-0.4, -0.2) is 54.8 Å². The zero-order valence-electron chi connectivity index (χ0n) is 18.6. The van der Waals surface area contributed by atoms with E-state index >= 15 is 0 Å². The molecular weight excluding hydrogens is 422 g/mol. The number of hydrogen-bond donors (Lipinski definition) is 0. The Kier molecular flexibility index (Phi) is 5.34. The van der Waals surface area contributed by atoms with Gasteiger partial charge in [-0.3, -0.25) is 4.79 Å². The van der Waals surface area contributed by atoms with Gasteiger partial charge in [0.15, 0.2) is 0 Å². The molecule has 1 fully saturated rings. The highest BCUT2D eigenvalue weighted by Crippen LogP contribution is 2.34. The highest BCUT2D eigenvalue weighted by atomic mass is 32.2. The lowest BCUT2D eigenvalue weighted by Gasteiger charge is -2.30. The molecule has 1 saturated heterocycles. The highest BCUT2D eigenvalue weighted by Gasteiger charge is 2.30. The maximum absolute atomic E-state index is 13.6. The third kappa shape index (κ3) is 3.53. The van der Waals surface area contributed by atoms with Crippen molar-refractivity contribution in [3.05, 3.63) is 65.4 Å². The third-order valence-electron chi connectivity index (χ3n) is 6.89. The summed E-state index contributed by atoms with van der Waals surface area (Å²) in [5.41, 5.74) is 3.13. The van der Waals surface area contributed by atoms with E-state index in [4.69, 9.17) is 0 Å². The normalized spacial score (nSPS) is 18.1. The molecule has 3 heterocycles. The fourth-order valence-corrected chi connectivity index (χ4v) is 6.57. The first-order chi connectivity index (χ1) is 15.4. The second-order valence-electron chi connectivity index (χ2n) is 9.20. The molecule has 0 atom stereocenters. The van der Waals surface area contributed by atoms with Crippen LogP contribution in [0.3, 0.4) is 0 Å². The molecule has 168 valence electrons. The molecular formula is C25H29N3O3S. The van der Waals surface area contributed by atoms with E-state index in [0.717, 1.165) is 49.1 Å². The van der Waals surface area contributed by atoms with Gasteiger partial charge < -0.3 is 9.80 Å². The summed E-state index contributed by atoms with van der Waals surface area (Å²) in [7, 11) is -1.69. The first-order valence-electron chi connectivity index (χ1n) is 11.3. The number of piperidine rings is 1. The molecule has 2 aliphatic rings. The SMILES string of the molecule is CC1CCN(C(=O)c2ccc3c(c2)c2c(n3S(=O)(=O)c3ccccc3)CCN(C)C2)CC1. The Hall–Kier alpha value is -2.64. The van der Waals surface area contributed by atoms with Gasteiger partial charge in [0.25, 0.3) is 15.9 Å². The van der Waals surface area contributed by atoms with E-state index in [1.165, 1.54) is 3.97 Å². The summed E-state index contributed by atoms with van der Waals surface area (Å²) in [6.07, 6.45) is 2.71. The molecule has 7 heteroatoms. The second kappa shape index (κ2) is 8.05. The number of nitrogens with zero attached hydrogens (tertiary/aromatic N) is 3. The van der Waals surface area contributed by atoms with Crippen molar-refractivity contribution in [3.63, 3.8) is 0 Å². The minimum atomic E-state index is -3.74. The van der Waals surface area contributed by atoms with Crippen LogP contribution in [0.25, 0.3) is 10.9 Å². The van der Waals surface area contributed by atoms with Gasteiger partial charge in [-0.1, -0.05) is 25.1 Å². The van der Waals surface area contributed by atoms with Gasteiger partial charge in [-0.2, -0.15) is 0 Å². The summed E-state index contributed by atoms with van der Waals surface area (Å²) in [6, 6.07) is 14.1. The number of likely N-dealkylation sites (tertiary alicyclic amines) is 1. The Bertz CT molecular complexity index is 1270. The first-order valence-corrected chi connectivity index (χ1v) is 12.7. The maximum atomic E-state index is 13.6. The van der Waals surface area contributed by atoms with E-state index in [0.29, 0.717) is 30.0 Å². The summed E-state index contributed by atoms with van der Waals surface area (Å²) in [5, 5.41) is 0.863. The van der Waals surface area contributed by atoms with Gasteiger partial charge in [0, 0.05) is 49.2 Å². The van der Waals surface area contributed by atoms with Gasteiger partial charge in [0.2, 0.25) is 0 Å². The second-order valence-corrected chi connectivity index (χ2v) is 11.0. The van der Waals surface area contributed by atoms with Gasteiger partial charge in [-0.05, 0) is 61.7 Å². The van der Waals surface area contributed by atoms with Crippen molar-refractivity contribution in [2.24, 2.45) is 5.92 Å². The summed E-state index contributed by atoms with van der Waals surface area (Å²) >= 11 is 0. The largest absolute Gasteiger partial charge is 0.339 e. The summed E-state index contributed by atoms with van der Waals surface area (Å²) in [5.74, 6) is 0.691. The van der Waals surface area contributed by atoms with Crippen LogP contribution in [0.4, 0.5) is 0 Å². The molecule has 3 aromatic rings. The lowest BCUT2D eigenvalue weighted by molar-refractivity contribution is 0.0697. The van der Waals surface area contributed by atoms with Crippen molar-refractivity contribution in [2.45, 2.75) is 37.6 Å². The predicted molar refractivity (Wildman–Crippen MR) is 125 cm³/mol. The molecule has 0 unspecified atom stereocenters. The average Bonchev–Trinajstić information content (AvgIpc) is 3.13. The number of amides is 1. The molecule has 2 aliphatic heterocycles. The van der Waals surface area contributed by atoms with Gasteiger partial charge in [-0.15, -0.1) is 0 Å². The number of hydrogen-bond acceptors (Lipinski definition) is 4. The molecule has 0 radical (unpaired) electrons. The lowest BCUT2D eigenvalue weighted by Crippen LogP contribution is -2.37. The molecule has 1 aromatic heterocycles. The van der Waals surface area contributed by atoms with Crippen LogP contribution in [0.1, 0.15) is 41.4 Å². The standard InChI is InChI=1S/C25H29N3O3S/c1-18-10-14-27(15-11-18)25(29)19-8-9-23-21(16-19)22-17-26(2)13-12-24(22)28(23)32(30,31)20-6-4-3-5-7-20/h3-9,16,18H,10-15,17H2,1-2H3. The molecule has 1 amide bonds. The van der Waals surface area contributed by atoms with E-state index in [9.17, 15) is 13.2 Å². The molecule has 0 N–H and O–H groups in total. The molecule has 32 heavy (non-hydrogen) atoms. The molecule has 2 aromatic carbocycles. The van der Waals surface area contributed by atoms with Crippen molar-refractivity contribution in [1.29, 1.82) is 0 Å². The van der Waals surface area contributed by atoms with Crippen LogP contribution in [0.2, 0.25) is 0 Å². The Morgan fingerprint density at radius 2 is 1.72 bits per heavy atom. The van der Waals surface area contributed by atoms with E-state index in [1.54, 1.807) is 30.3 Å². The first kappa shape index (κ1) is 21.2. The summed E-state index contributed by atoms with van der Waals surface area (Å²) < 4.78 is 28.8. The number of likely N-dealkylation sites (N-methyl/N-ethyl adjacent to an activating group) is 1. The Morgan fingerprint density at radius 3 is 2.44 bits per heavy atom. The molecule has 0 bridgehead atoms. The Balaban J connectivity index is 1.64. The zero-order valence-corrected chi connectivity index (χ0v) is 19.4. The van der Waals surface area contributed by atoms with Crippen LogP contribution in [0.15, 0.2) is 53.4 Å². The number of carbonyl (C=O) groups excluding carboxylic acids is 1. The van der Waals surface area contributed by atoms with Crippen LogP contribution in [0.5, 0.6) is 0 Å². The number of rotatable bonds is 3. The van der Waals surface area contributed by atoms with E-state index in [-0.39, 0.29) is 10.8 Å². The van der Waals surface area contributed by atoms with Crippen LogP contribution in [-0.2, 0) is 23.0 Å². The number of carbonyl (C=O) groups is 1. The van der Waals surface area contributed by atoms with Crippen molar-refractivity contribution in [3.8, 4) is 0 Å². The zero-order chi connectivity index (χ0) is 22.5. The van der Waals surface area contributed by atoms with Crippen molar-refractivity contribution >= 4 is 26.8 Å². The molecule has 6 nitrogen and oxygen atoms in total. The fourth-order valence-electron chi connectivity index (χ4n) is 4.95. The monoisotopic (exact) mass is 451 g/mol. The van der Waals surface area contributed by atoms with E-state index in [1.807, 2.05) is 30.1 Å². The van der Waals surface area contributed by atoms with Crippen molar-refractivity contribution in [2.75, 3.05) is 26.7 Å². The van der Waals surface area contributed by atoms with Crippen molar-refractivity contribution < 1.29 is 13.2 Å². The smallest absolute Gasteiger partial charge is 0.268 e. The molecule has 0 spiro atoms. The van der Waals surface area contributed by atoms with E-state index < -0.39 is 10.0 Å². The minimum Gasteiger partial charge on any atom is -0.339 e. The molecule has 0 saturated carbocycles. The van der Waals surface area contributed by atoms with Crippen LogP contribution in [0, 0.1) is 5.92 Å². The molecule has 0 aliphatic carbocycles. The van der Waals surface area contributed by atoms with Crippen LogP contribution < -0.4 is 0 Å². The maximum Gasteiger partial charge on any atom is 0.268 e. The van der Waals surface area contributed by atoms with Gasteiger partial charge in [0.05, 0.1) is 10.4 Å². The fraction of sp³-hybridized carbons (Fsp3) is 0.400. The van der Waals surface area contributed by atoms with E-state index in [2.05, 4.69) is 11.8 Å². The van der Waals surface area contributed by atoms with Gasteiger partial charge in [-0.25, -0.2) is 12.4 Å². The van der Waals surface area contributed by atoms with Gasteiger partial charge in [0.1, 0.15) is 0 Å².